The van der Waals surface area contributed by atoms with Crippen LogP contribution >= 0.6 is 39.3 Å². The minimum absolute atomic E-state index is 0.161. The molecule has 150 valence electrons. The number of carbonyl (C=O) groups excluding carboxylic acids is 1. The molecule has 1 aliphatic heterocycles. The van der Waals surface area contributed by atoms with Gasteiger partial charge >= 0.3 is 0 Å². The van der Waals surface area contributed by atoms with Gasteiger partial charge in [0.2, 0.25) is 17.0 Å². The molecular weight excluding hydrogens is 476 g/mol. The number of nitrogens with zero attached hydrogens (tertiary/aromatic N) is 3. The summed E-state index contributed by atoms with van der Waals surface area (Å²) in [5.41, 5.74) is 0.682. The summed E-state index contributed by atoms with van der Waals surface area (Å²) in [5.74, 6) is 1.19. The van der Waals surface area contributed by atoms with Gasteiger partial charge in [0, 0.05) is 15.2 Å². The SMILES string of the molecule is C=CCN1CC(Oc2ccc(Br)cc2)=NC(SCC(=O)Nc2ccc(Cl)cc2)=N1. The van der Waals surface area contributed by atoms with Crippen LogP contribution in [0.15, 0.2) is 75.8 Å². The molecule has 0 atom stereocenters. The highest BCUT2D eigenvalue weighted by Crippen LogP contribution is 2.19. The molecule has 3 rings (SSSR count). The predicted molar refractivity (Wildman–Crippen MR) is 124 cm³/mol. The summed E-state index contributed by atoms with van der Waals surface area (Å²) >= 11 is 10.5. The highest BCUT2D eigenvalue weighted by atomic mass is 79.9. The number of carbonyl (C=O) groups is 1. The zero-order valence-electron chi connectivity index (χ0n) is 15.3. The molecule has 1 N–H and O–H groups in total. The number of ether oxygens (including phenoxy) is 1. The molecular formula is C20H18BrClN4O2S. The minimum Gasteiger partial charge on any atom is -0.441 e. The first-order chi connectivity index (χ1) is 14.0. The summed E-state index contributed by atoms with van der Waals surface area (Å²) in [7, 11) is 0. The van der Waals surface area contributed by atoms with E-state index in [-0.39, 0.29) is 11.7 Å². The first kappa shape index (κ1) is 21.4. The van der Waals surface area contributed by atoms with Crippen LogP contribution in [0.2, 0.25) is 5.02 Å². The topological polar surface area (TPSA) is 66.3 Å². The van der Waals surface area contributed by atoms with Gasteiger partial charge in [0.15, 0.2) is 0 Å². The molecule has 1 amide bonds. The Labute approximate surface area is 186 Å². The van der Waals surface area contributed by atoms with E-state index >= 15 is 0 Å². The van der Waals surface area contributed by atoms with Crippen LogP contribution in [-0.2, 0) is 4.79 Å². The summed E-state index contributed by atoms with van der Waals surface area (Å²) in [5, 5.41) is 10.1. The molecule has 2 aromatic rings. The first-order valence-corrected chi connectivity index (χ1v) is 10.8. The summed E-state index contributed by atoms with van der Waals surface area (Å²) in [6.07, 6.45) is 1.75. The van der Waals surface area contributed by atoms with Crippen LogP contribution in [0.25, 0.3) is 0 Å². The lowest BCUT2D eigenvalue weighted by atomic mass is 10.3. The number of nitrogens with one attached hydrogen (secondary N) is 1. The maximum atomic E-state index is 12.2. The molecule has 0 spiro atoms. The summed E-state index contributed by atoms with van der Waals surface area (Å²) in [6.45, 7) is 4.71. The van der Waals surface area contributed by atoms with Crippen LogP contribution in [0.3, 0.4) is 0 Å². The molecule has 0 radical (unpaired) electrons. The Hall–Kier alpha value is -2.29. The number of amidine groups is 1. The van der Waals surface area contributed by atoms with Crippen molar-refractivity contribution in [3.63, 3.8) is 0 Å². The Kier molecular flexibility index (Phi) is 7.74. The maximum Gasteiger partial charge on any atom is 0.234 e. The molecule has 6 nitrogen and oxygen atoms in total. The van der Waals surface area contributed by atoms with Crippen LogP contribution in [0.4, 0.5) is 5.69 Å². The number of amides is 1. The van der Waals surface area contributed by atoms with Gasteiger partial charge in [-0.3, -0.25) is 9.80 Å². The number of benzene rings is 2. The Morgan fingerprint density at radius 3 is 2.69 bits per heavy atom. The highest BCUT2D eigenvalue weighted by Gasteiger charge is 2.18. The maximum absolute atomic E-state index is 12.2. The number of rotatable bonds is 6. The molecule has 2 aromatic carbocycles. The highest BCUT2D eigenvalue weighted by molar-refractivity contribution is 9.10. The molecule has 0 aliphatic carbocycles. The van der Waals surface area contributed by atoms with Gasteiger partial charge in [0.25, 0.3) is 0 Å². The van der Waals surface area contributed by atoms with Crippen LogP contribution in [0.1, 0.15) is 0 Å². The van der Waals surface area contributed by atoms with E-state index in [2.05, 4.69) is 37.9 Å². The second kappa shape index (κ2) is 10.5. The number of hydrogen-bond donors (Lipinski definition) is 1. The van der Waals surface area contributed by atoms with E-state index in [0.29, 0.717) is 40.6 Å². The Morgan fingerprint density at radius 1 is 1.28 bits per heavy atom. The van der Waals surface area contributed by atoms with Gasteiger partial charge in [0.05, 0.1) is 12.3 Å². The van der Waals surface area contributed by atoms with Crippen molar-refractivity contribution in [1.29, 1.82) is 0 Å². The molecule has 0 saturated carbocycles. The van der Waals surface area contributed by atoms with Gasteiger partial charge in [-0.2, -0.15) is 4.99 Å². The van der Waals surface area contributed by atoms with Gasteiger partial charge in [-0.1, -0.05) is 45.4 Å². The van der Waals surface area contributed by atoms with Crippen molar-refractivity contribution < 1.29 is 9.53 Å². The minimum atomic E-state index is -0.161. The number of hydrazone groups is 1. The third kappa shape index (κ3) is 6.92. The fraction of sp³-hybridized carbons (Fsp3) is 0.150. The van der Waals surface area contributed by atoms with Crippen LogP contribution in [-0.4, -0.2) is 40.8 Å². The fourth-order valence-corrected chi connectivity index (χ4v) is 3.41. The lowest BCUT2D eigenvalue weighted by Crippen LogP contribution is -2.33. The summed E-state index contributed by atoms with van der Waals surface area (Å²) in [6, 6.07) is 14.4. The van der Waals surface area contributed by atoms with Crippen molar-refractivity contribution in [2.24, 2.45) is 10.1 Å². The van der Waals surface area contributed by atoms with Gasteiger partial charge in [-0.05, 0) is 48.5 Å². The summed E-state index contributed by atoms with van der Waals surface area (Å²) < 4.78 is 6.84. The van der Waals surface area contributed by atoms with Crippen molar-refractivity contribution in [2.45, 2.75) is 0 Å². The smallest absolute Gasteiger partial charge is 0.234 e. The lowest BCUT2D eigenvalue weighted by Gasteiger charge is -2.23. The molecule has 1 heterocycles. The van der Waals surface area contributed by atoms with Crippen molar-refractivity contribution in [3.8, 4) is 5.75 Å². The monoisotopic (exact) mass is 492 g/mol. The molecule has 0 aromatic heterocycles. The molecule has 0 fully saturated rings. The Bertz CT molecular complexity index is 933. The number of hydrogen-bond acceptors (Lipinski definition) is 6. The quantitative estimate of drug-likeness (QED) is 0.574. The predicted octanol–water partition coefficient (Wildman–Crippen LogP) is 5.02. The molecule has 9 heteroatoms. The molecule has 0 saturated heterocycles. The van der Waals surface area contributed by atoms with Crippen molar-refractivity contribution in [1.82, 2.24) is 5.01 Å². The largest absolute Gasteiger partial charge is 0.441 e. The molecule has 0 unspecified atom stereocenters. The van der Waals surface area contributed by atoms with Gasteiger partial charge in [-0.25, -0.2) is 0 Å². The molecule has 1 aliphatic rings. The normalized spacial score (nSPS) is 13.4. The molecule has 0 bridgehead atoms. The van der Waals surface area contributed by atoms with E-state index in [4.69, 9.17) is 16.3 Å². The third-order valence-electron chi connectivity index (χ3n) is 3.61. The second-order valence-corrected chi connectivity index (χ2v) is 8.22. The molecule has 29 heavy (non-hydrogen) atoms. The van der Waals surface area contributed by atoms with E-state index in [9.17, 15) is 4.79 Å². The average Bonchev–Trinajstić information content (AvgIpc) is 2.70. The van der Waals surface area contributed by atoms with Gasteiger partial charge in [-0.15, -0.1) is 11.7 Å². The zero-order chi connectivity index (χ0) is 20.6. The summed E-state index contributed by atoms with van der Waals surface area (Å²) in [4.78, 5) is 16.7. The van der Waals surface area contributed by atoms with E-state index in [1.54, 1.807) is 35.4 Å². The van der Waals surface area contributed by atoms with E-state index in [1.807, 2.05) is 24.3 Å². The third-order valence-corrected chi connectivity index (χ3v) is 5.23. The van der Waals surface area contributed by atoms with Crippen LogP contribution < -0.4 is 10.1 Å². The standard InChI is InChI=1S/C20H18BrClN4O2S/c1-2-11-26-12-19(28-17-9-3-14(21)4-10-17)24-20(25-26)29-13-18(27)23-16-7-5-15(22)6-8-16/h2-10H,1,11-13H2,(H,23,27). The van der Waals surface area contributed by atoms with Crippen LogP contribution in [0, 0.1) is 0 Å². The first-order valence-electron chi connectivity index (χ1n) is 8.65. The van der Waals surface area contributed by atoms with Crippen molar-refractivity contribution in [2.75, 3.05) is 24.2 Å². The average molecular weight is 494 g/mol. The van der Waals surface area contributed by atoms with E-state index < -0.39 is 0 Å². The number of thioether (sulfide) groups is 1. The zero-order valence-corrected chi connectivity index (χ0v) is 18.5. The number of halogens is 2. The second-order valence-electron chi connectivity index (χ2n) is 5.92. The van der Waals surface area contributed by atoms with E-state index in [0.717, 1.165) is 4.47 Å². The fourth-order valence-electron chi connectivity index (χ4n) is 2.35. The van der Waals surface area contributed by atoms with Crippen molar-refractivity contribution >= 4 is 62.0 Å². The lowest BCUT2D eigenvalue weighted by molar-refractivity contribution is -0.113. The Balaban J connectivity index is 1.62. The number of anilines is 1. The van der Waals surface area contributed by atoms with Crippen molar-refractivity contribution in [3.05, 3.63) is 70.7 Å². The Morgan fingerprint density at radius 2 is 2.00 bits per heavy atom. The van der Waals surface area contributed by atoms with Gasteiger partial charge < -0.3 is 10.1 Å². The van der Waals surface area contributed by atoms with Crippen LogP contribution in [0.5, 0.6) is 5.75 Å². The van der Waals surface area contributed by atoms with E-state index in [1.165, 1.54) is 11.8 Å². The number of aliphatic imine (C=N–C) groups is 1. The van der Waals surface area contributed by atoms with Gasteiger partial charge in [0.1, 0.15) is 12.3 Å².